The molecule has 5 nitrogen and oxygen atoms in total. The van der Waals surface area contributed by atoms with Crippen LogP contribution in [0.3, 0.4) is 0 Å². The Kier molecular flexibility index (Phi) is 4.65. The molecule has 1 amide bonds. The number of pyridine rings is 2. The zero-order chi connectivity index (χ0) is 18.0. The molecule has 0 aliphatic rings. The summed E-state index contributed by atoms with van der Waals surface area (Å²) < 4.78 is 1.83. The lowest BCUT2D eigenvalue weighted by Gasteiger charge is -2.12. The summed E-state index contributed by atoms with van der Waals surface area (Å²) in [6.45, 7) is 6.54. The van der Waals surface area contributed by atoms with E-state index in [0.717, 1.165) is 12.1 Å². The van der Waals surface area contributed by atoms with Crippen LogP contribution in [0.2, 0.25) is 0 Å². The van der Waals surface area contributed by atoms with Gasteiger partial charge in [0.25, 0.3) is 5.91 Å². The largest absolute Gasteiger partial charge is 0.332 e. The van der Waals surface area contributed by atoms with E-state index in [1.54, 1.807) is 18.3 Å². The smallest absolute Gasteiger partial charge is 0.261 e. The van der Waals surface area contributed by atoms with Crippen LogP contribution in [-0.4, -0.2) is 15.5 Å². The van der Waals surface area contributed by atoms with Gasteiger partial charge in [0.05, 0.1) is 5.39 Å². The first-order valence-corrected chi connectivity index (χ1v) is 8.44. The zero-order valence-corrected chi connectivity index (χ0v) is 14.7. The number of benzene rings is 1. The normalized spacial score (nSPS) is 10.8. The predicted octanol–water partition coefficient (Wildman–Crippen LogP) is 3.54. The molecule has 0 aliphatic heterocycles. The molecule has 0 bridgehead atoms. The van der Waals surface area contributed by atoms with E-state index in [0.29, 0.717) is 23.3 Å². The number of carbonyl (C=O) groups is 1. The van der Waals surface area contributed by atoms with Crippen LogP contribution < -0.4 is 10.7 Å². The van der Waals surface area contributed by atoms with Crippen molar-refractivity contribution in [3.8, 4) is 0 Å². The first kappa shape index (κ1) is 16.9. The average molecular weight is 335 g/mol. The molecule has 3 aromatic rings. The van der Waals surface area contributed by atoms with E-state index in [-0.39, 0.29) is 11.0 Å². The van der Waals surface area contributed by atoms with Gasteiger partial charge >= 0.3 is 0 Å². The van der Waals surface area contributed by atoms with Gasteiger partial charge in [-0.1, -0.05) is 19.1 Å². The molecule has 25 heavy (non-hydrogen) atoms. The highest BCUT2D eigenvalue weighted by atomic mass is 16.2. The standard InChI is InChI=1S/C20H21N3O2/c1-4-14-7-9-15(10-8-14)22-20(25)17-12-23(5-2)19-16(18(17)24)11-6-13(3)21-19/h6-12H,4-5H2,1-3H3,(H,22,25). The summed E-state index contributed by atoms with van der Waals surface area (Å²) in [7, 11) is 0. The molecule has 2 heterocycles. The number of fused-ring (bicyclic) bond motifs is 1. The molecule has 0 saturated heterocycles. The maximum atomic E-state index is 12.7. The molecule has 128 valence electrons. The van der Waals surface area contributed by atoms with Gasteiger partial charge in [-0.15, -0.1) is 0 Å². The Hall–Kier alpha value is -2.95. The molecule has 2 aromatic heterocycles. The number of aryl methyl sites for hydroxylation is 3. The third kappa shape index (κ3) is 3.31. The topological polar surface area (TPSA) is 64.0 Å². The van der Waals surface area contributed by atoms with Gasteiger partial charge in [0.2, 0.25) is 5.43 Å². The quantitative estimate of drug-likeness (QED) is 0.793. The Morgan fingerprint density at radius 1 is 1.12 bits per heavy atom. The highest BCUT2D eigenvalue weighted by Crippen LogP contribution is 2.14. The van der Waals surface area contributed by atoms with Crippen molar-refractivity contribution in [1.82, 2.24) is 9.55 Å². The number of amides is 1. The van der Waals surface area contributed by atoms with Crippen molar-refractivity contribution in [2.24, 2.45) is 0 Å². The molecular weight excluding hydrogens is 314 g/mol. The van der Waals surface area contributed by atoms with E-state index in [4.69, 9.17) is 0 Å². The van der Waals surface area contributed by atoms with Gasteiger partial charge in [-0.2, -0.15) is 0 Å². The summed E-state index contributed by atoms with van der Waals surface area (Å²) in [5.41, 5.74) is 3.14. The molecule has 0 fully saturated rings. The van der Waals surface area contributed by atoms with Gasteiger partial charge < -0.3 is 9.88 Å². The van der Waals surface area contributed by atoms with Gasteiger partial charge in [-0.25, -0.2) is 4.98 Å². The summed E-state index contributed by atoms with van der Waals surface area (Å²) in [5, 5.41) is 3.26. The summed E-state index contributed by atoms with van der Waals surface area (Å²) in [6, 6.07) is 11.1. The molecule has 0 atom stereocenters. The lowest BCUT2D eigenvalue weighted by molar-refractivity contribution is 0.102. The average Bonchev–Trinajstić information content (AvgIpc) is 2.62. The number of aromatic nitrogens is 2. The van der Waals surface area contributed by atoms with Gasteiger partial charge in [0, 0.05) is 24.1 Å². The van der Waals surface area contributed by atoms with Crippen LogP contribution in [0.25, 0.3) is 11.0 Å². The molecule has 1 aromatic carbocycles. The third-order valence-electron chi connectivity index (χ3n) is 4.27. The van der Waals surface area contributed by atoms with Crippen molar-refractivity contribution in [2.75, 3.05) is 5.32 Å². The van der Waals surface area contributed by atoms with E-state index < -0.39 is 5.91 Å². The Bertz CT molecular complexity index is 988. The number of hydrogen-bond donors (Lipinski definition) is 1. The van der Waals surface area contributed by atoms with Crippen LogP contribution >= 0.6 is 0 Å². The van der Waals surface area contributed by atoms with Gasteiger partial charge in [-0.05, 0) is 50.1 Å². The number of rotatable bonds is 4. The van der Waals surface area contributed by atoms with Gasteiger partial charge in [0.15, 0.2) is 0 Å². The second-order valence-corrected chi connectivity index (χ2v) is 5.99. The number of carbonyl (C=O) groups excluding carboxylic acids is 1. The van der Waals surface area contributed by atoms with E-state index in [1.807, 2.05) is 42.7 Å². The lowest BCUT2D eigenvalue weighted by atomic mass is 10.1. The van der Waals surface area contributed by atoms with Crippen molar-refractivity contribution in [1.29, 1.82) is 0 Å². The van der Waals surface area contributed by atoms with Crippen LogP contribution in [-0.2, 0) is 13.0 Å². The minimum atomic E-state index is -0.404. The predicted molar refractivity (Wildman–Crippen MR) is 100 cm³/mol. The molecular formula is C20H21N3O2. The fourth-order valence-electron chi connectivity index (χ4n) is 2.78. The van der Waals surface area contributed by atoms with Crippen molar-refractivity contribution >= 4 is 22.6 Å². The summed E-state index contributed by atoms with van der Waals surface area (Å²) in [5.74, 6) is -0.404. The Labute approximate surface area is 146 Å². The minimum Gasteiger partial charge on any atom is -0.332 e. The maximum Gasteiger partial charge on any atom is 0.261 e. The molecule has 5 heteroatoms. The monoisotopic (exact) mass is 335 g/mol. The fourth-order valence-corrected chi connectivity index (χ4v) is 2.78. The molecule has 0 aliphatic carbocycles. The Morgan fingerprint density at radius 2 is 1.84 bits per heavy atom. The number of hydrogen-bond acceptors (Lipinski definition) is 3. The first-order chi connectivity index (χ1) is 12.0. The van der Waals surface area contributed by atoms with Gasteiger partial charge in [-0.3, -0.25) is 9.59 Å². The summed E-state index contributed by atoms with van der Waals surface area (Å²) >= 11 is 0. The summed E-state index contributed by atoms with van der Waals surface area (Å²) in [6.07, 6.45) is 2.53. The van der Waals surface area contributed by atoms with Crippen LogP contribution in [0.1, 0.15) is 35.5 Å². The van der Waals surface area contributed by atoms with Crippen molar-refractivity contribution < 1.29 is 4.79 Å². The van der Waals surface area contributed by atoms with E-state index in [9.17, 15) is 9.59 Å². The molecule has 0 saturated carbocycles. The Morgan fingerprint density at radius 3 is 2.48 bits per heavy atom. The molecule has 1 N–H and O–H groups in total. The van der Waals surface area contributed by atoms with Crippen LogP contribution in [0.15, 0.2) is 47.4 Å². The highest BCUT2D eigenvalue weighted by Gasteiger charge is 2.16. The molecule has 3 rings (SSSR count). The lowest BCUT2D eigenvalue weighted by Crippen LogP contribution is -2.24. The van der Waals surface area contributed by atoms with E-state index in [1.165, 1.54) is 5.56 Å². The Balaban J connectivity index is 2.02. The van der Waals surface area contributed by atoms with E-state index in [2.05, 4.69) is 17.2 Å². The van der Waals surface area contributed by atoms with Crippen LogP contribution in [0.4, 0.5) is 5.69 Å². The van der Waals surface area contributed by atoms with Gasteiger partial charge in [0.1, 0.15) is 11.2 Å². The minimum absolute atomic E-state index is 0.125. The first-order valence-electron chi connectivity index (χ1n) is 8.44. The number of nitrogens with one attached hydrogen (secondary N) is 1. The van der Waals surface area contributed by atoms with E-state index >= 15 is 0 Å². The number of nitrogens with zero attached hydrogens (tertiary/aromatic N) is 2. The zero-order valence-electron chi connectivity index (χ0n) is 14.7. The number of anilines is 1. The fraction of sp³-hybridized carbons (Fsp3) is 0.250. The third-order valence-corrected chi connectivity index (χ3v) is 4.27. The SMILES string of the molecule is CCc1ccc(NC(=O)c2cn(CC)c3nc(C)ccc3c2=O)cc1. The molecule has 0 spiro atoms. The van der Waals surface area contributed by atoms with Crippen LogP contribution in [0.5, 0.6) is 0 Å². The molecule has 0 radical (unpaired) electrons. The van der Waals surface area contributed by atoms with Crippen molar-refractivity contribution in [2.45, 2.75) is 33.7 Å². The second-order valence-electron chi connectivity index (χ2n) is 5.99. The van der Waals surface area contributed by atoms with Crippen molar-refractivity contribution in [3.63, 3.8) is 0 Å². The van der Waals surface area contributed by atoms with Crippen molar-refractivity contribution in [3.05, 3.63) is 69.6 Å². The summed E-state index contributed by atoms with van der Waals surface area (Å²) in [4.78, 5) is 29.8. The molecule has 0 unspecified atom stereocenters. The second kappa shape index (κ2) is 6.89. The van der Waals surface area contributed by atoms with Crippen LogP contribution in [0, 0.1) is 6.92 Å². The highest BCUT2D eigenvalue weighted by molar-refractivity contribution is 6.05. The maximum absolute atomic E-state index is 12.7.